The Bertz CT molecular complexity index is 702. The molecule has 0 radical (unpaired) electrons. The standard InChI is InChI=1S/C19H23N3O3/c1-3-4-12-25-18-13-15(10-11-17(18)24-2)14-20-22-19(23)21-16-8-6-5-7-9-16/h5-11,13-14H,3-4,12H2,1-2H3,(H2,21,22,23)/b20-14-. The van der Waals surface area contributed by atoms with Crippen LogP contribution in [0, 0.1) is 0 Å². The lowest BCUT2D eigenvalue weighted by molar-refractivity contribution is 0.252. The number of para-hydroxylation sites is 1. The fourth-order valence-electron chi connectivity index (χ4n) is 2.06. The van der Waals surface area contributed by atoms with Crippen LogP contribution in [0.15, 0.2) is 53.6 Å². The third-order valence-electron chi connectivity index (χ3n) is 3.35. The highest BCUT2D eigenvalue weighted by Crippen LogP contribution is 2.27. The van der Waals surface area contributed by atoms with Crippen molar-refractivity contribution in [2.24, 2.45) is 5.10 Å². The van der Waals surface area contributed by atoms with Gasteiger partial charge in [-0.2, -0.15) is 5.10 Å². The second kappa shape index (κ2) is 9.97. The van der Waals surface area contributed by atoms with Crippen molar-refractivity contribution >= 4 is 17.9 Å². The van der Waals surface area contributed by atoms with Gasteiger partial charge in [0.2, 0.25) is 0 Å². The van der Waals surface area contributed by atoms with Gasteiger partial charge >= 0.3 is 6.03 Å². The van der Waals surface area contributed by atoms with Gasteiger partial charge in [-0.25, -0.2) is 10.2 Å². The maximum absolute atomic E-state index is 11.8. The molecule has 2 rings (SSSR count). The Kier molecular flexibility index (Phi) is 7.31. The summed E-state index contributed by atoms with van der Waals surface area (Å²) in [6.07, 6.45) is 3.59. The average Bonchev–Trinajstić information content (AvgIpc) is 2.63. The Hall–Kier alpha value is -3.02. The van der Waals surface area contributed by atoms with E-state index in [1.807, 2.05) is 36.4 Å². The first-order chi connectivity index (χ1) is 12.2. The van der Waals surface area contributed by atoms with Gasteiger partial charge in [0.15, 0.2) is 11.5 Å². The Balaban J connectivity index is 1.93. The van der Waals surface area contributed by atoms with Crippen molar-refractivity contribution in [2.45, 2.75) is 19.8 Å². The molecule has 2 aromatic carbocycles. The number of hydrazone groups is 1. The molecule has 6 heteroatoms. The van der Waals surface area contributed by atoms with Crippen LogP contribution in [0.5, 0.6) is 11.5 Å². The zero-order chi connectivity index (χ0) is 17.9. The molecule has 25 heavy (non-hydrogen) atoms. The lowest BCUT2D eigenvalue weighted by Crippen LogP contribution is -2.24. The first kappa shape index (κ1) is 18.3. The number of anilines is 1. The van der Waals surface area contributed by atoms with Crippen LogP contribution < -0.4 is 20.2 Å². The van der Waals surface area contributed by atoms with Crippen LogP contribution in [-0.2, 0) is 0 Å². The van der Waals surface area contributed by atoms with Crippen molar-refractivity contribution in [3.8, 4) is 11.5 Å². The van der Waals surface area contributed by atoms with E-state index >= 15 is 0 Å². The molecule has 0 aliphatic heterocycles. The number of hydrogen-bond donors (Lipinski definition) is 2. The third-order valence-corrected chi connectivity index (χ3v) is 3.35. The summed E-state index contributed by atoms with van der Waals surface area (Å²) in [7, 11) is 1.60. The van der Waals surface area contributed by atoms with E-state index < -0.39 is 6.03 Å². The SMILES string of the molecule is CCCCOc1cc(/C=N\NC(=O)Nc2ccccc2)ccc1OC. The quantitative estimate of drug-likeness (QED) is 0.432. The predicted molar refractivity (Wildman–Crippen MR) is 99.6 cm³/mol. The van der Waals surface area contributed by atoms with Crippen molar-refractivity contribution in [1.29, 1.82) is 0 Å². The number of urea groups is 1. The minimum atomic E-state index is -0.407. The number of nitrogens with one attached hydrogen (secondary N) is 2. The molecular weight excluding hydrogens is 318 g/mol. The topological polar surface area (TPSA) is 72.0 Å². The van der Waals surface area contributed by atoms with Gasteiger partial charge in [0, 0.05) is 5.69 Å². The highest BCUT2D eigenvalue weighted by molar-refractivity contribution is 5.90. The van der Waals surface area contributed by atoms with Crippen LogP contribution in [-0.4, -0.2) is 26.0 Å². The van der Waals surface area contributed by atoms with Crippen molar-refractivity contribution in [3.05, 3.63) is 54.1 Å². The lowest BCUT2D eigenvalue weighted by atomic mass is 10.2. The minimum absolute atomic E-state index is 0.407. The van der Waals surface area contributed by atoms with Crippen molar-refractivity contribution in [1.82, 2.24) is 5.43 Å². The van der Waals surface area contributed by atoms with Crippen molar-refractivity contribution in [3.63, 3.8) is 0 Å². The number of unbranched alkanes of at least 4 members (excludes halogenated alkanes) is 1. The second-order valence-electron chi connectivity index (χ2n) is 5.30. The summed E-state index contributed by atoms with van der Waals surface area (Å²) in [5, 5.41) is 6.63. The second-order valence-corrected chi connectivity index (χ2v) is 5.30. The van der Waals surface area contributed by atoms with E-state index in [0.717, 1.165) is 18.4 Å². The number of benzene rings is 2. The predicted octanol–water partition coefficient (Wildman–Crippen LogP) is 4.03. The van der Waals surface area contributed by atoms with Gasteiger partial charge in [0.05, 0.1) is 19.9 Å². The Labute approximate surface area is 147 Å². The molecule has 6 nitrogen and oxygen atoms in total. The highest BCUT2D eigenvalue weighted by atomic mass is 16.5. The lowest BCUT2D eigenvalue weighted by Gasteiger charge is -2.10. The van der Waals surface area contributed by atoms with Gasteiger partial charge in [-0.15, -0.1) is 0 Å². The molecule has 0 unspecified atom stereocenters. The molecule has 2 aromatic rings. The van der Waals surface area contributed by atoms with Gasteiger partial charge in [0.1, 0.15) is 0 Å². The van der Waals surface area contributed by atoms with Crippen molar-refractivity contribution < 1.29 is 14.3 Å². The number of rotatable bonds is 8. The fourth-order valence-corrected chi connectivity index (χ4v) is 2.06. The van der Waals surface area contributed by atoms with E-state index in [-0.39, 0.29) is 0 Å². The maximum Gasteiger partial charge on any atom is 0.339 e. The molecule has 132 valence electrons. The summed E-state index contributed by atoms with van der Waals surface area (Å²) in [6.45, 7) is 2.74. The molecule has 0 aliphatic rings. The Morgan fingerprint density at radius 3 is 2.68 bits per heavy atom. The summed E-state index contributed by atoms with van der Waals surface area (Å²) in [4.78, 5) is 11.8. The van der Waals surface area contributed by atoms with E-state index in [1.165, 1.54) is 0 Å². The van der Waals surface area contributed by atoms with Crippen LogP contribution in [0.25, 0.3) is 0 Å². The Morgan fingerprint density at radius 1 is 1.16 bits per heavy atom. The Morgan fingerprint density at radius 2 is 1.96 bits per heavy atom. The van der Waals surface area contributed by atoms with Crippen molar-refractivity contribution in [2.75, 3.05) is 19.0 Å². The number of carbonyl (C=O) groups excluding carboxylic acids is 1. The molecule has 0 bridgehead atoms. The molecule has 2 amide bonds. The summed E-state index contributed by atoms with van der Waals surface area (Å²) < 4.78 is 11.0. The monoisotopic (exact) mass is 341 g/mol. The number of carbonyl (C=O) groups is 1. The zero-order valence-corrected chi connectivity index (χ0v) is 14.5. The van der Waals surface area contributed by atoms with Crippen LogP contribution in [0.1, 0.15) is 25.3 Å². The molecule has 0 heterocycles. The smallest absolute Gasteiger partial charge is 0.339 e. The largest absolute Gasteiger partial charge is 0.493 e. The van der Waals surface area contributed by atoms with Gasteiger partial charge < -0.3 is 14.8 Å². The highest BCUT2D eigenvalue weighted by Gasteiger charge is 2.05. The third kappa shape index (κ3) is 6.18. The normalized spacial score (nSPS) is 10.5. The van der Waals surface area contributed by atoms with Gasteiger partial charge in [-0.1, -0.05) is 31.5 Å². The summed E-state index contributed by atoms with van der Waals surface area (Å²) in [6, 6.07) is 14.2. The average molecular weight is 341 g/mol. The number of ether oxygens (including phenoxy) is 2. The maximum atomic E-state index is 11.8. The van der Waals surface area contributed by atoms with Gasteiger partial charge in [-0.05, 0) is 42.3 Å². The molecule has 0 saturated carbocycles. The zero-order valence-electron chi connectivity index (χ0n) is 14.5. The first-order valence-electron chi connectivity index (χ1n) is 8.19. The summed E-state index contributed by atoms with van der Waals surface area (Å²) in [5.41, 5.74) is 3.93. The summed E-state index contributed by atoms with van der Waals surface area (Å²) >= 11 is 0. The minimum Gasteiger partial charge on any atom is -0.493 e. The molecule has 0 saturated heterocycles. The summed E-state index contributed by atoms with van der Waals surface area (Å²) in [5.74, 6) is 1.33. The van der Waals surface area contributed by atoms with Crippen LogP contribution >= 0.6 is 0 Å². The van der Waals surface area contributed by atoms with Crippen LogP contribution in [0.4, 0.5) is 10.5 Å². The van der Waals surface area contributed by atoms with E-state index in [4.69, 9.17) is 9.47 Å². The first-order valence-corrected chi connectivity index (χ1v) is 8.19. The van der Waals surface area contributed by atoms with Crippen LogP contribution in [0.3, 0.4) is 0 Å². The van der Waals surface area contributed by atoms with Gasteiger partial charge in [0.25, 0.3) is 0 Å². The number of hydrogen-bond acceptors (Lipinski definition) is 4. The van der Waals surface area contributed by atoms with E-state index in [1.54, 1.807) is 25.5 Å². The van der Waals surface area contributed by atoms with E-state index in [9.17, 15) is 4.79 Å². The number of methoxy groups -OCH3 is 1. The molecule has 2 N–H and O–H groups in total. The van der Waals surface area contributed by atoms with E-state index in [2.05, 4.69) is 22.8 Å². The van der Waals surface area contributed by atoms with Crippen LogP contribution in [0.2, 0.25) is 0 Å². The van der Waals surface area contributed by atoms with E-state index in [0.29, 0.717) is 23.8 Å². The molecule has 0 atom stereocenters. The van der Waals surface area contributed by atoms with Gasteiger partial charge in [-0.3, -0.25) is 0 Å². The number of nitrogens with zero attached hydrogens (tertiary/aromatic N) is 1. The fraction of sp³-hybridized carbons (Fsp3) is 0.263. The molecule has 0 spiro atoms. The molecule has 0 aliphatic carbocycles. The molecule has 0 aromatic heterocycles. The molecular formula is C19H23N3O3. The molecule has 0 fully saturated rings. The number of amides is 2.